The second kappa shape index (κ2) is 9.12. The molecule has 0 spiro atoms. The average molecular weight is 483 g/mol. The molecule has 3 aromatic rings. The van der Waals surface area contributed by atoms with Crippen LogP contribution in [0.4, 0.5) is 10.7 Å². The van der Waals surface area contributed by atoms with Gasteiger partial charge in [-0.2, -0.15) is 5.10 Å². The molecule has 11 nitrogen and oxygen atoms in total. The van der Waals surface area contributed by atoms with E-state index in [4.69, 9.17) is 9.72 Å². The number of carbonyl (C=O) groups excluding carboxylic acids is 1. The smallest absolute Gasteiger partial charge is 0.409 e. The van der Waals surface area contributed by atoms with Crippen molar-refractivity contribution in [2.75, 3.05) is 31.6 Å². The van der Waals surface area contributed by atoms with Gasteiger partial charge in [0.1, 0.15) is 0 Å². The number of aromatic nitrogens is 4. The Labute approximate surface area is 202 Å². The van der Waals surface area contributed by atoms with E-state index in [1.54, 1.807) is 15.8 Å². The molecule has 1 atom stereocenters. The third-order valence-electron chi connectivity index (χ3n) is 7.12. The van der Waals surface area contributed by atoms with Crippen molar-refractivity contribution in [2.24, 2.45) is 5.92 Å². The van der Waals surface area contributed by atoms with Crippen molar-refractivity contribution in [3.8, 4) is 5.75 Å². The van der Waals surface area contributed by atoms with Crippen molar-refractivity contribution in [3.63, 3.8) is 0 Å². The van der Waals surface area contributed by atoms with Crippen LogP contribution in [0, 0.1) is 5.92 Å². The first-order valence-corrected chi connectivity index (χ1v) is 11.9. The highest BCUT2D eigenvalue weighted by Crippen LogP contribution is 2.35. The molecule has 1 saturated heterocycles. The van der Waals surface area contributed by atoms with Crippen LogP contribution in [0.2, 0.25) is 0 Å². The van der Waals surface area contributed by atoms with Crippen LogP contribution in [0.25, 0.3) is 11.0 Å². The van der Waals surface area contributed by atoms with Gasteiger partial charge >= 0.3 is 12.1 Å². The Morgan fingerprint density at radius 3 is 2.66 bits per heavy atom. The maximum Gasteiger partial charge on any atom is 0.409 e. The van der Waals surface area contributed by atoms with Gasteiger partial charge in [-0.3, -0.25) is 9.48 Å². The predicted octanol–water partition coefficient (Wildman–Crippen LogP) is 2.63. The van der Waals surface area contributed by atoms with Crippen LogP contribution >= 0.6 is 0 Å². The van der Waals surface area contributed by atoms with Crippen LogP contribution in [-0.2, 0) is 29.0 Å². The van der Waals surface area contributed by atoms with Crippen molar-refractivity contribution in [3.05, 3.63) is 35.7 Å². The number of aromatic hydroxyl groups is 1. The Morgan fingerprint density at radius 1 is 1.23 bits per heavy atom. The SMILES string of the molecule is COC(=O)N1CCc2ccc3c(nc(N4CCC(C(=O)O)CC4)n3[C@@H](C)Cn3cc(O)cn3)c2C1. The molecule has 0 bridgehead atoms. The molecule has 0 unspecified atom stereocenters. The molecule has 2 aliphatic heterocycles. The van der Waals surface area contributed by atoms with E-state index in [-0.39, 0.29) is 23.8 Å². The summed E-state index contributed by atoms with van der Waals surface area (Å²) in [6, 6.07) is 4.14. The fourth-order valence-electron chi connectivity index (χ4n) is 5.26. The molecule has 2 aliphatic rings. The molecule has 4 heterocycles. The molecular weight excluding hydrogens is 452 g/mol. The van der Waals surface area contributed by atoms with E-state index in [0.29, 0.717) is 45.6 Å². The fourth-order valence-corrected chi connectivity index (χ4v) is 5.26. The summed E-state index contributed by atoms with van der Waals surface area (Å²) in [7, 11) is 1.39. The lowest BCUT2D eigenvalue weighted by atomic mass is 9.97. The van der Waals surface area contributed by atoms with Gasteiger partial charge in [0, 0.05) is 25.2 Å². The second-order valence-corrected chi connectivity index (χ2v) is 9.36. The number of ether oxygens (including phenoxy) is 1. The number of carbonyl (C=O) groups is 2. The largest absolute Gasteiger partial charge is 0.505 e. The molecule has 2 aromatic heterocycles. The molecule has 1 aromatic carbocycles. The first kappa shape index (κ1) is 23.0. The minimum atomic E-state index is -0.748. The number of methoxy groups -OCH3 is 1. The van der Waals surface area contributed by atoms with E-state index in [0.717, 1.165) is 29.0 Å². The summed E-state index contributed by atoms with van der Waals surface area (Å²) >= 11 is 0. The molecule has 5 rings (SSSR count). The lowest BCUT2D eigenvalue weighted by Gasteiger charge is -2.32. The number of hydrogen-bond acceptors (Lipinski definition) is 7. The number of anilines is 1. The van der Waals surface area contributed by atoms with Gasteiger partial charge in [-0.1, -0.05) is 6.07 Å². The van der Waals surface area contributed by atoms with Crippen LogP contribution in [0.3, 0.4) is 0 Å². The highest BCUT2D eigenvalue weighted by atomic mass is 16.5. The Bertz CT molecular complexity index is 1260. The molecule has 1 fully saturated rings. The molecule has 0 aliphatic carbocycles. The Balaban J connectivity index is 1.56. The van der Waals surface area contributed by atoms with Gasteiger partial charge in [-0.15, -0.1) is 0 Å². The minimum Gasteiger partial charge on any atom is -0.505 e. The summed E-state index contributed by atoms with van der Waals surface area (Å²) in [4.78, 5) is 32.6. The van der Waals surface area contributed by atoms with Crippen LogP contribution in [-0.4, -0.2) is 73.3 Å². The number of carboxylic acids is 1. The van der Waals surface area contributed by atoms with E-state index in [1.807, 2.05) is 0 Å². The fraction of sp³-hybridized carbons (Fsp3) is 0.500. The highest BCUT2D eigenvalue weighted by Gasteiger charge is 2.31. The molecule has 11 heteroatoms. The third kappa shape index (κ3) is 4.26. The standard InChI is InChI=1S/C24H30N6O5/c1-15(12-29-13-18(31)11-25-29)30-20-4-3-16-5-10-28(24(34)35-2)14-19(16)21(20)26-23(30)27-8-6-17(7-9-27)22(32)33/h3-4,11,13,15,17,31H,5-10,12,14H2,1-2H3,(H,32,33)/t15-/m0/s1. The average Bonchev–Trinajstić information content (AvgIpc) is 3.46. The van der Waals surface area contributed by atoms with Gasteiger partial charge in [-0.05, 0) is 37.8 Å². The minimum absolute atomic E-state index is 0.0511. The number of aliphatic carboxylic acids is 1. The normalized spacial score (nSPS) is 17.4. The number of carboxylic acid groups (broad SMARTS) is 1. The van der Waals surface area contributed by atoms with Crippen molar-refractivity contribution in [1.82, 2.24) is 24.2 Å². The third-order valence-corrected chi connectivity index (χ3v) is 7.12. The number of nitrogens with zero attached hydrogens (tertiary/aromatic N) is 6. The summed E-state index contributed by atoms with van der Waals surface area (Å²) in [6.45, 7) is 4.83. The van der Waals surface area contributed by atoms with Gasteiger partial charge in [0.25, 0.3) is 0 Å². The topological polar surface area (TPSA) is 126 Å². The summed E-state index contributed by atoms with van der Waals surface area (Å²) in [5.74, 6) is -0.186. The van der Waals surface area contributed by atoms with Crippen LogP contribution in [0.5, 0.6) is 5.75 Å². The number of benzene rings is 1. The van der Waals surface area contributed by atoms with E-state index in [9.17, 15) is 19.8 Å². The zero-order valence-electron chi connectivity index (χ0n) is 19.9. The number of hydrogen-bond donors (Lipinski definition) is 2. The number of imidazole rings is 1. The molecule has 186 valence electrons. The van der Waals surface area contributed by atoms with Crippen molar-refractivity contribution < 1.29 is 24.5 Å². The highest BCUT2D eigenvalue weighted by molar-refractivity contribution is 5.84. The van der Waals surface area contributed by atoms with Gasteiger partial charge in [0.2, 0.25) is 5.95 Å². The maximum atomic E-state index is 12.2. The first-order chi connectivity index (χ1) is 16.9. The van der Waals surface area contributed by atoms with Crippen LogP contribution < -0.4 is 4.90 Å². The Hall–Kier alpha value is -3.76. The lowest BCUT2D eigenvalue weighted by Crippen LogP contribution is -2.38. The molecule has 35 heavy (non-hydrogen) atoms. The Kier molecular flexibility index (Phi) is 6.00. The molecule has 1 amide bonds. The monoisotopic (exact) mass is 482 g/mol. The van der Waals surface area contributed by atoms with Gasteiger partial charge < -0.3 is 29.3 Å². The predicted molar refractivity (Wildman–Crippen MR) is 127 cm³/mol. The number of amides is 1. The van der Waals surface area contributed by atoms with Crippen LogP contribution in [0.15, 0.2) is 24.5 Å². The van der Waals surface area contributed by atoms with E-state index in [2.05, 4.69) is 33.6 Å². The summed E-state index contributed by atoms with van der Waals surface area (Å²) < 4.78 is 8.82. The summed E-state index contributed by atoms with van der Waals surface area (Å²) in [5.41, 5.74) is 3.99. The van der Waals surface area contributed by atoms with Crippen molar-refractivity contribution in [1.29, 1.82) is 0 Å². The van der Waals surface area contributed by atoms with Crippen LogP contribution in [0.1, 0.15) is 36.9 Å². The number of rotatable bonds is 5. The van der Waals surface area contributed by atoms with E-state index < -0.39 is 5.97 Å². The summed E-state index contributed by atoms with van der Waals surface area (Å²) in [5, 5.41) is 23.4. The Morgan fingerprint density at radius 2 is 2.00 bits per heavy atom. The molecule has 0 radical (unpaired) electrons. The molecule has 0 saturated carbocycles. The number of piperidine rings is 1. The van der Waals surface area contributed by atoms with Gasteiger partial charge in [0.05, 0.1) is 55.6 Å². The van der Waals surface area contributed by atoms with E-state index in [1.165, 1.54) is 18.9 Å². The lowest BCUT2D eigenvalue weighted by molar-refractivity contribution is -0.142. The van der Waals surface area contributed by atoms with Crippen molar-refractivity contribution >= 4 is 29.0 Å². The quantitative estimate of drug-likeness (QED) is 0.568. The molecular formula is C24H30N6O5. The first-order valence-electron chi connectivity index (χ1n) is 11.9. The zero-order chi connectivity index (χ0) is 24.7. The summed E-state index contributed by atoms with van der Waals surface area (Å²) in [6.07, 6.45) is 4.50. The van der Waals surface area contributed by atoms with Gasteiger partial charge in [-0.25, -0.2) is 9.78 Å². The second-order valence-electron chi connectivity index (χ2n) is 9.36. The van der Waals surface area contributed by atoms with Gasteiger partial charge in [0.15, 0.2) is 5.75 Å². The number of fused-ring (bicyclic) bond motifs is 3. The van der Waals surface area contributed by atoms with E-state index >= 15 is 0 Å². The molecule has 2 N–H and O–H groups in total. The zero-order valence-corrected chi connectivity index (χ0v) is 19.9. The maximum absolute atomic E-state index is 12.2. The van der Waals surface area contributed by atoms with Crippen molar-refractivity contribution in [2.45, 2.75) is 45.3 Å².